The Morgan fingerprint density at radius 2 is 0.889 bits per heavy atom. The molecular formula is C41H49ClO12. The van der Waals surface area contributed by atoms with E-state index in [1.54, 1.807) is 36.4 Å². The van der Waals surface area contributed by atoms with E-state index in [2.05, 4.69) is 13.8 Å². The molecule has 0 aromatic carbocycles. The number of rotatable bonds is 9. The Morgan fingerprint density at radius 1 is 0.519 bits per heavy atom. The van der Waals surface area contributed by atoms with Crippen LogP contribution in [-0.4, -0.2) is 33.8 Å². The number of aliphatic hydroxyl groups is 2. The van der Waals surface area contributed by atoms with Crippen LogP contribution < -0.4 is 0 Å². The van der Waals surface area contributed by atoms with E-state index in [0.717, 1.165) is 41.6 Å². The van der Waals surface area contributed by atoms with Crippen LogP contribution in [0.15, 0.2) is 99.3 Å². The molecule has 6 heterocycles. The minimum Gasteiger partial charge on any atom is -0.466 e. The van der Waals surface area contributed by atoms with Crippen LogP contribution in [0.3, 0.4) is 0 Å². The zero-order chi connectivity index (χ0) is 40.6. The van der Waals surface area contributed by atoms with Crippen LogP contribution in [0.4, 0.5) is 0 Å². The van der Waals surface area contributed by atoms with Crippen LogP contribution in [0.5, 0.6) is 0 Å². The van der Waals surface area contributed by atoms with Gasteiger partial charge in [0.1, 0.15) is 59.3 Å². The lowest BCUT2D eigenvalue weighted by atomic mass is 10.3. The quantitative estimate of drug-likeness (QED) is 0.0806. The van der Waals surface area contributed by atoms with Crippen LogP contribution in [0, 0.1) is 20.8 Å². The molecule has 0 aliphatic rings. The van der Waals surface area contributed by atoms with Gasteiger partial charge in [-0.15, -0.1) is 11.6 Å². The topological polar surface area (TPSA) is 188 Å². The number of Topliss-reactive ketones (excluding diaryl/α,β-unsaturated/α-hetero) is 3. The lowest BCUT2D eigenvalue weighted by Gasteiger charge is -1.86. The Hall–Kier alpha value is -5.43. The molecule has 0 saturated heterocycles. The highest BCUT2D eigenvalue weighted by Crippen LogP contribution is 2.11. The van der Waals surface area contributed by atoms with Crippen molar-refractivity contribution < 1.29 is 55.9 Å². The van der Waals surface area contributed by atoms with Gasteiger partial charge in [0.15, 0.2) is 46.7 Å². The van der Waals surface area contributed by atoms with Gasteiger partial charge in [-0.25, -0.2) is 0 Å². The Bertz CT molecular complexity index is 1900. The molecule has 2 N–H and O–H groups in total. The van der Waals surface area contributed by atoms with Gasteiger partial charge in [0.05, 0.1) is 5.88 Å². The second-order valence-corrected chi connectivity index (χ2v) is 11.5. The summed E-state index contributed by atoms with van der Waals surface area (Å²) >= 11 is 5.44. The average Bonchev–Trinajstić information content (AvgIpc) is 4.02. The molecule has 0 atom stereocenters. The first-order chi connectivity index (χ1) is 25.7. The highest BCUT2D eigenvalue weighted by Gasteiger charge is 2.05. The monoisotopic (exact) mass is 768 g/mol. The summed E-state index contributed by atoms with van der Waals surface area (Å²) in [5.41, 5.74) is 0. The Morgan fingerprint density at radius 3 is 1.11 bits per heavy atom. The molecule has 54 heavy (non-hydrogen) atoms. The lowest BCUT2D eigenvalue weighted by molar-refractivity contribution is 0.0975. The van der Waals surface area contributed by atoms with Crippen molar-refractivity contribution in [2.75, 3.05) is 0 Å². The summed E-state index contributed by atoms with van der Waals surface area (Å²) in [7, 11) is 0. The predicted molar refractivity (Wildman–Crippen MR) is 202 cm³/mol. The van der Waals surface area contributed by atoms with E-state index in [-0.39, 0.29) is 42.1 Å². The molecular weight excluding hydrogens is 720 g/mol. The molecule has 0 aliphatic heterocycles. The van der Waals surface area contributed by atoms with Gasteiger partial charge < -0.3 is 36.7 Å². The largest absolute Gasteiger partial charge is 0.466 e. The highest BCUT2D eigenvalue weighted by molar-refractivity contribution is 6.16. The fourth-order valence-electron chi connectivity index (χ4n) is 3.81. The molecule has 0 aliphatic carbocycles. The zero-order valence-corrected chi connectivity index (χ0v) is 32.7. The third-order valence-corrected chi connectivity index (χ3v) is 6.90. The van der Waals surface area contributed by atoms with E-state index in [1.165, 1.54) is 32.9 Å². The summed E-state index contributed by atoms with van der Waals surface area (Å²) in [6.45, 7) is 14.0. The van der Waals surface area contributed by atoms with Crippen molar-refractivity contribution in [3.05, 3.63) is 142 Å². The minimum absolute atomic E-state index is 0.0249. The number of carbonyl (C=O) groups is 4. The fourth-order valence-corrected chi connectivity index (χ4v) is 3.95. The fraction of sp³-hybridized carbons (Fsp3) is 0.317. The van der Waals surface area contributed by atoms with Gasteiger partial charge in [0, 0.05) is 33.6 Å². The molecule has 6 rings (SSSR count). The summed E-state index contributed by atoms with van der Waals surface area (Å²) in [5, 5.41) is 16.9. The van der Waals surface area contributed by atoms with E-state index in [4.69, 9.17) is 48.3 Å². The van der Waals surface area contributed by atoms with Crippen molar-refractivity contribution in [3.63, 3.8) is 0 Å². The summed E-state index contributed by atoms with van der Waals surface area (Å²) in [5.74, 6) is 7.79. The van der Waals surface area contributed by atoms with Crippen molar-refractivity contribution in [1.82, 2.24) is 0 Å². The van der Waals surface area contributed by atoms with Gasteiger partial charge >= 0.3 is 0 Å². The first-order valence-electron chi connectivity index (χ1n) is 16.9. The zero-order valence-electron chi connectivity index (χ0n) is 31.9. The van der Waals surface area contributed by atoms with E-state index in [1.807, 2.05) is 45.0 Å². The van der Waals surface area contributed by atoms with Gasteiger partial charge in [-0.3, -0.25) is 19.2 Å². The Balaban J connectivity index is 0.000000325. The third kappa shape index (κ3) is 18.4. The van der Waals surface area contributed by atoms with Crippen LogP contribution >= 0.6 is 11.6 Å². The van der Waals surface area contributed by atoms with Gasteiger partial charge in [-0.05, 0) is 93.6 Å². The van der Waals surface area contributed by atoms with Crippen molar-refractivity contribution in [2.45, 2.75) is 87.3 Å². The number of ketones is 3. The van der Waals surface area contributed by atoms with Crippen molar-refractivity contribution in [3.8, 4) is 0 Å². The molecule has 0 radical (unpaired) electrons. The van der Waals surface area contributed by atoms with Crippen LogP contribution in [-0.2, 0) is 31.9 Å². The van der Waals surface area contributed by atoms with Crippen LogP contribution in [0.2, 0.25) is 0 Å². The number of aldehydes is 1. The number of carbonyl (C=O) groups excluding carboxylic acids is 4. The molecule has 0 bridgehead atoms. The third-order valence-electron chi connectivity index (χ3n) is 6.64. The molecule has 12 nitrogen and oxygen atoms in total. The Labute approximate surface area is 319 Å². The van der Waals surface area contributed by atoms with Gasteiger partial charge in [-0.1, -0.05) is 13.8 Å². The highest BCUT2D eigenvalue weighted by atomic mass is 35.5. The summed E-state index contributed by atoms with van der Waals surface area (Å²) in [6, 6.07) is 21.0. The maximum absolute atomic E-state index is 10.6. The van der Waals surface area contributed by atoms with Crippen molar-refractivity contribution >= 4 is 35.2 Å². The van der Waals surface area contributed by atoms with Gasteiger partial charge in [0.25, 0.3) is 0 Å². The predicted octanol–water partition coefficient (Wildman–Crippen LogP) is 9.87. The van der Waals surface area contributed by atoms with Crippen molar-refractivity contribution in [1.29, 1.82) is 0 Å². The van der Waals surface area contributed by atoms with Crippen molar-refractivity contribution in [2.24, 2.45) is 0 Å². The summed E-state index contributed by atoms with van der Waals surface area (Å²) in [6.07, 6.45) is 2.55. The maximum atomic E-state index is 10.6. The molecule has 292 valence electrons. The smallest absolute Gasteiger partial charge is 0.194 e. The number of aryl methyl sites for hydroxylation is 5. The van der Waals surface area contributed by atoms with Crippen LogP contribution in [0.25, 0.3) is 0 Å². The number of hydrogen-bond acceptors (Lipinski definition) is 12. The minimum atomic E-state index is -0.173. The lowest BCUT2D eigenvalue weighted by Crippen LogP contribution is -1.86. The summed E-state index contributed by atoms with van der Waals surface area (Å²) in [4.78, 5) is 41.8. The maximum Gasteiger partial charge on any atom is 0.194 e. The molecule has 0 saturated carbocycles. The number of halogens is 1. The number of hydrogen-bond donors (Lipinski definition) is 2. The van der Waals surface area contributed by atoms with E-state index >= 15 is 0 Å². The molecule has 0 fully saturated rings. The SMILES string of the molecule is CC(=O)c1ccc(C)o1.CC(=O)c1ccc(C=O)o1.CC(=O)c1ccc(CCl)o1.CCc1ccc(C)o1.CCc1ccc(C)o1.OCc1ccc(CO)o1. The van der Waals surface area contributed by atoms with E-state index in [9.17, 15) is 19.2 Å². The first-order valence-corrected chi connectivity index (χ1v) is 17.4. The van der Waals surface area contributed by atoms with Gasteiger partial charge in [0.2, 0.25) is 0 Å². The number of alkyl halides is 1. The number of aliphatic hydroxyl groups excluding tert-OH is 2. The standard InChI is InChI=1S/C7H7ClO2.C7H6O3.C7H8O2.2C7H10O.C6H8O3/c2*1-5(9)7-3-2-6(4-8)10-7;1-5-3-4-7(9-5)6(2)8;2*1-3-7-5-4-6(2)8-7;7-3-5-1-2-6(4-8)9-5/h2-3H,4H2,1H3;2-4H,1H3;3-4H,1-2H3;2*4-5H,3H2,1-2H3;1-2,7-8H,3-4H2. The second-order valence-electron chi connectivity index (χ2n) is 11.2. The Kier molecular flexibility index (Phi) is 22.0. The van der Waals surface area contributed by atoms with Gasteiger partial charge in [-0.2, -0.15) is 0 Å². The molecule has 0 unspecified atom stereocenters. The average molecular weight is 769 g/mol. The first kappa shape index (κ1) is 46.6. The number of furan rings is 6. The normalized spacial score (nSPS) is 9.69. The molecule has 6 aromatic heterocycles. The molecule has 6 aromatic rings. The van der Waals surface area contributed by atoms with E-state index < -0.39 is 0 Å². The molecule has 13 heteroatoms. The van der Waals surface area contributed by atoms with E-state index in [0.29, 0.717) is 41.0 Å². The second kappa shape index (κ2) is 25.5. The molecule has 0 spiro atoms. The summed E-state index contributed by atoms with van der Waals surface area (Å²) < 4.78 is 30.1. The molecule has 0 amide bonds. The van der Waals surface area contributed by atoms with Crippen LogP contribution in [0.1, 0.15) is 123 Å².